The third kappa shape index (κ3) is 5.49. The van der Waals surface area contributed by atoms with E-state index in [-0.39, 0.29) is 0 Å². The Labute approximate surface area is 381 Å². The summed E-state index contributed by atoms with van der Waals surface area (Å²) >= 11 is 0. The number of benzene rings is 12. The van der Waals surface area contributed by atoms with E-state index in [1.807, 2.05) is 0 Å². The van der Waals surface area contributed by atoms with Crippen molar-refractivity contribution in [1.82, 2.24) is 9.13 Å². The number of fused-ring (bicyclic) bond motifs is 14. The summed E-state index contributed by atoms with van der Waals surface area (Å²) in [5, 5.41) is 15.3. The van der Waals surface area contributed by atoms with Crippen LogP contribution in [0.3, 0.4) is 0 Å². The molecule has 0 amide bonds. The summed E-state index contributed by atoms with van der Waals surface area (Å²) in [5.41, 5.74) is 14.4. The molecular weight excluding hydrogens is 797 g/mol. The molecule has 0 bridgehead atoms. The Morgan fingerprint density at radius 1 is 0.197 bits per heavy atom. The maximum Gasteiger partial charge on any atom is 0.0541 e. The van der Waals surface area contributed by atoms with Crippen LogP contribution in [0.25, 0.3) is 131 Å². The third-order valence-electron chi connectivity index (χ3n) is 14.1. The van der Waals surface area contributed by atoms with Crippen LogP contribution in [0, 0.1) is 0 Å². The zero-order valence-electron chi connectivity index (χ0n) is 36.0. The largest absolute Gasteiger partial charge is 0.309 e. The van der Waals surface area contributed by atoms with Gasteiger partial charge in [-0.05, 0) is 143 Å². The van der Waals surface area contributed by atoms with Crippen molar-refractivity contribution < 1.29 is 0 Å². The number of hydrogen-bond donors (Lipinski definition) is 0. The van der Waals surface area contributed by atoms with Gasteiger partial charge in [0.15, 0.2) is 0 Å². The van der Waals surface area contributed by atoms with Crippen molar-refractivity contribution in [3.05, 3.63) is 243 Å². The first-order valence-corrected chi connectivity index (χ1v) is 22.8. The van der Waals surface area contributed by atoms with E-state index in [9.17, 15) is 0 Å². The molecule has 0 unspecified atom stereocenters. The number of hydrogen-bond acceptors (Lipinski definition) is 0. The second-order valence-electron chi connectivity index (χ2n) is 17.6. The van der Waals surface area contributed by atoms with Gasteiger partial charge >= 0.3 is 0 Å². The van der Waals surface area contributed by atoms with Gasteiger partial charge in [0.1, 0.15) is 0 Å². The molecule has 0 saturated carbocycles. The van der Waals surface area contributed by atoms with Crippen molar-refractivity contribution in [2.45, 2.75) is 0 Å². The van der Waals surface area contributed by atoms with Crippen LogP contribution >= 0.6 is 0 Å². The number of rotatable bonds is 5. The first-order valence-electron chi connectivity index (χ1n) is 22.8. The Balaban J connectivity index is 0.875. The molecule has 0 N–H and O–H groups in total. The molecular formula is C64H40N2. The summed E-state index contributed by atoms with van der Waals surface area (Å²) in [6.07, 6.45) is 0. The molecule has 66 heavy (non-hydrogen) atoms. The van der Waals surface area contributed by atoms with Crippen LogP contribution < -0.4 is 0 Å². The van der Waals surface area contributed by atoms with E-state index in [0.717, 1.165) is 11.4 Å². The van der Waals surface area contributed by atoms with Gasteiger partial charge in [-0.15, -0.1) is 0 Å². The van der Waals surface area contributed by atoms with Gasteiger partial charge < -0.3 is 9.13 Å². The summed E-state index contributed by atoms with van der Waals surface area (Å²) in [6.45, 7) is 0. The molecule has 2 heteroatoms. The Morgan fingerprint density at radius 3 is 1.11 bits per heavy atom. The van der Waals surface area contributed by atoms with Gasteiger partial charge in [-0.25, -0.2) is 0 Å². The van der Waals surface area contributed by atoms with Crippen LogP contribution in [-0.4, -0.2) is 9.13 Å². The van der Waals surface area contributed by atoms with Crippen molar-refractivity contribution in [1.29, 1.82) is 0 Å². The van der Waals surface area contributed by atoms with Crippen molar-refractivity contribution in [2.75, 3.05) is 0 Å². The average molecular weight is 837 g/mol. The molecule has 0 aliphatic carbocycles. The lowest BCUT2D eigenvalue weighted by atomic mass is 9.87. The maximum absolute atomic E-state index is 2.43. The Morgan fingerprint density at radius 2 is 0.561 bits per heavy atom. The van der Waals surface area contributed by atoms with Crippen LogP contribution in [0.1, 0.15) is 0 Å². The first-order chi connectivity index (χ1) is 32.7. The van der Waals surface area contributed by atoms with Gasteiger partial charge in [0.25, 0.3) is 0 Å². The van der Waals surface area contributed by atoms with Gasteiger partial charge in [-0.2, -0.15) is 0 Å². The standard InChI is InChI=1S/C64H40N2/c1-2-14-41(15-3-1)42-26-32-46(33-27-42)65-60-24-12-10-20-52(60)57-38-44(30-36-62(57)65)45-31-37-63-58(39-45)53-21-11-13-25-61(53)66(63)47-34-28-43(29-35-47)56-40-59-50-18-5-4-16-48(50)49-17-6-8-22-54(49)64(59)55-23-9-7-19-51(55)56/h1-40H. The fourth-order valence-corrected chi connectivity index (χ4v) is 11.1. The molecule has 0 spiro atoms. The summed E-state index contributed by atoms with van der Waals surface area (Å²) < 4.78 is 4.83. The number of nitrogens with zero attached hydrogens (tertiary/aromatic N) is 2. The summed E-state index contributed by atoms with van der Waals surface area (Å²) in [6, 6.07) is 89.4. The molecule has 0 atom stereocenters. The van der Waals surface area contributed by atoms with Crippen molar-refractivity contribution >= 4 is 86.7 Å². The smallest absolute Gasteiger partial charge is 0.0541 e. The lowest BCUT2D eigenvalue weighted by molar-refractivity contribution is 1.18. The highest BCUT2D eigenvalue weighted by Gasteiger charge is 2.18. The average Bonchev–Trinajstić information content (AvgIpc) is 3.91. The van der Waals surface area contributed by atoms with E-state index >= 15 is 0 Å². The second kappa shape index (κ2) is 14.4. The monoisotopic (exact) mass is 836 g/mol. The summed E-state index contributed by atoms with van der Waals surface area (Å²) in [5.74, 6) is 0. The van der Waals surface area contributed by atoms with E-state index in [4.69, 9.17) is 0 Å². The summed E-state index contributed by atoms with van der Waals surface area (Å²) in [4.78, 5) is 0. The van der Waals surface area contributed by atoms with Crippen molar-refractivity contribution in [3.63, 3.8) is 0 Å². The van der Waals surface area contributed by atoms with Crippen LogP contribution in [-0.2, 0) is 0 Å². The molecule has 0 radical (unpaired) electrons. The highest BCUT2D eigenvalue weighted by atomic mass is 15.0. The minimum atomic E-state index is 1.14. The van der Waals surface area contributed by atoms with Gasteiger partial charge in [-0.3, -0.25) is 0 Å². The molecule has 0 aliphatic heterocycles. The molecule has 306 valence electrons. The van der Waals surface area contributed by atoms with Crippen molar-refractivity contribution in [3.8, 4) is 44.8 Å². The fourth-order valence-electron chi connectivity index (χ4n) is 11.1. The first kappa shape index (κ1) is 36.7. The predicted octanol–water partition coefficient (Wildman–Crippen LogP) is 17.5. The molecule has 0 saturated heterocycles. The van der Waals surface area contributed by atoms with Crippen LogP contribution in [0.15, 0.2) is 243 Å². The number of para-hydroxylation sites is 2. The highest BCUT2D eigenvalue weighted by molar-refractivity contribution is 6.33. The maximum atomic E-state index is 2.43. The van der Waals surface area contributed by atoms with Gasteiger partial charge in [-0.1, -0.05) is 176 Å². The molecule has 0 aliphatic rings. The lowest BCUT2D eigenvalue weighted by Crippen LogP contribution is -1.94. The van der Waals surface area contributed by atoms with Crippen LogP contribution in [0.5, 0.6) is 0 Å². The minimum Gasteiger partial charge on any atom is -0.309 e. The normalized spacial score (nSPS) is 11.9. The molecule has 0 fully saturated rings. The highest BCUT2D eigenvalue weighted by Crippen LogP contribution is 2.44. The molecule has 2 nitrogen and oxygen atoms in total. The molecule has 2 aromatic heterocycles. The SMILES string of the molecule is c1ccc(-c2ccc(-n3c4ccccc4c4cc(-c5ccc6c(c5)c5ccccc5n6-c5ccc(-c6cc7c8ccccc8c8ccccc8c7c7ccccc67)cc5)ccc43)cc2)cc1. The van der Waals surface area contributed by atoms with Gasteiger partial charge in [0.05, 0.1) is 22.1 Å². The minimum absolute atomic E-state index is 1.14. The van der Waals surface area contributed by atoms with Crippen molar-refractivity contribution in [2.24, 2.45) is 0 Å². The zero-order chi connectivity index (χ0) is 43.3. The van der Waals surface area contributed by atoms with E-state index in [1.165, 1.54) is 120 Å². The van der Waals surface area contributed by atoms with E-state index in [0.29, 0.717) is 0 Å². The molecule has 12 aromatic carbocycles. The van der Waals surface area contributed by atoms with E-state index in [1.54, 1.807) is 0 Å². The Hall–Kier alpha value is -8.72. The molecule has 14 rings (SSSR count). The fraction of sp³-hybridized carbons (Fsp3) is 0. The lowest BCUT2D eigenvalue weighted by Gasteiger charge is -2.16. The summed E-state index contributed by atoms with van der Waals surface area (Å²) in [7, 11) is 0. The third-order valence-corrected chi connectivity index (χ3v) is 14.1. The Bertz CT molecular complexity index is 4250. The zero-order valence-corrected chi connectivity index (χ0v) is 36.0. The van der Waals surface area contributed by atoms with E-state index < -0.39 is 0 Å². The molecule has 2 heterocycles. The molecule has 14 aromatic rings. The van der Waals surface area contributed by atoms with Gasteiger partial charge in [0.2, 0.25) is 0 Å². The predicted molar refractivity (Wildman–Crippen MR) is 281 cm³/mol. The second-order valence-corrected chi connectivity index (χ2v) is 17.6. The van der Waals surface area contributed by atoms with E-state index in [2.05, 4.69) is 252 Å². The quantitative estimate of drug-likeness (QED) is 0.153. The Kier molecular flexibility index (Phi) is 8.02. The van der Waals surface area contributed by atoms with Crippen LogP contribution in [0.4, 0.5) is 0 Å². The van der Waals surface area contributed by atoms with Crippen LogP contribution in [0.2, 0.25) is 0 Å². The number of aromatic nitrogens is 2. The topological polar surface area (TPSA) is 9.86 Å². The van der Waals surface area contributed by atoms with Gasteiger partial charge in [0, 0.05) is 32.9 Å².